The number of nitrogens with zero attached hydrogens (tertiary/aromatic N) is 1. The molecular formula is C16H24N2O. The van der Waals surface area contributed by atoms with Gasteiger partial charge in [0.15, 0.2) is 0 Å². The summed E-state index contributed by atoms with van der Waals surface area (Å²) in [4.78, 5) is 13.6. The first-order chi connectivity index (χ1) is 9.08. The van der Waals surface area contributed by atoms with E-state index in [-0.39, 0.29) is 6.03 Å². The third-order valence-corrected chi connectivity index (χ3v) is 3.97. The summed E-state index contributed by atoms with van der Waals surface area (Å²) in [5.41, 5.74) is 6.59. The maximum absolute atomic E-state index is 12.0. The molecule has 0 atom stereocenters. The van der Waals surface area contributed by atoms with Gasteiger partial charge >= 0.3 is 6.03 Å². The summed E-state index contributed by atoms with van der Waals surface area (Å²) in [7, 11) is 3.57. The predicted octanol–water partition coefficient (Wildman–Crippen LogP) is 3.39. The first kappa shape index (κ1) is 13.9. The highest BCUT2D eigenvalue weighted by molar-refractivity contribution is 5.91. The fraction of sp³-hybridized carbons (Fsp3) is 0.562. The van der Waals surface area contributed by atoms with Gasteiger partial charge in [-0.25, -0.2) is 4.79 Å². The molecule has 0 aliphatic heterocycles. The Morgan fingerprint density at radius 3 is 2.58 bits per heavy atom. The van der Waals surface area contributed by atoms with Crippen molar-refractivity contribution in [1.29, 1.82) is 0 Å². The molecule has 0 aromatic heterocycles. The molecule has 1 aliphatic rings. The van der Waals surface area contributed by atoms with Gasteiger partial charge in [0.2, 0.25) is 0 Å². The van der Waals surface area contributed by atoms with E-state index in [4.69, 9.17) is 0 Å². The molecule has 0 bridgehead atoms. The van der Waals surface area contributed by atoms with E-state index in [1.165, 1.54) is 28.7 Å². The number of carbonyl (C=O) groups is 1. The van der Waals surface area contributed by atoms with E-state index in [1.807, 2.05) is 0 Å². The van der Waals surface area contributed by atoms with Crippen molar-refractivity contribution in [2.24, 2.45) is 0 Å². The lowest BCUT2D eigenvalue weighted by Gasteiger charge is -2.20. The zero-order valence-electron chi connectivity index (χ0n) is 12.5. The van der Waals surface area contributed by atoms with Crippen molar-refractivity contribution < 1.29 is 4.79 Å². The lowest BCUT2D eigenvalue weighted by Crippen LogP contribution is -2.28. The number of anilines is 1. The minimum Gasteiger partial charge on any atom is -0.331 e. The molecule has 2 amide bonds. The Morgan fingerprint density at radius 1 is 1.26 bits per heavy atom. The Morgan fingerprint density at radius 2 is 2.00 bits per heavy atom. The maximum atomic E-state index is 12.0. The van der Waals surface area contributed by atoms with Gasteiger partial charge in [-0.3, -0.25) is 0 Å². The molecular weight excluding hydrogens is 236 g/mol. The van der Waals surface area contributed by atoms with Crippen LogP contribution in [0.2, 0.25) is 0 Å². The summed E-state index contributed by atoms with van der Waals surface area (Å²) in [5, 5.41) is 3.12. The lowest BCUT2D eigenvalue weighted by molar-refractivity contribution is 0.230. The molecule has 1 aromatic carbocycles. The van der Waals surface area contributed by atoms with Crippen LogP contribution in [-0.2, 0) is 25.7 Å². The van der Waals surface area contributed by atoms with E-state index in [9.17, 15) is 4.79 Å². The van der Waals surface area contributed by atoms with Gasteiger partial charge in [-0.05, 0) is 54.4 Å². The number of amides is 2. The smallest absolute Gasteiger partial charge is 0.321 e. The Hall–Kier alpha value is -1.51. The van der Waals surface area contributed by atoms with Crippen LogP contribution >= 0.6 is 0 Å². The Bertz CT molecular complexity index is 492. The molecule has 1 N–H and O–H groups in total. The molecule has 0 unspecified atom stereocenters. The molecule has 1 aromatic rings. The summed E-state index contributed by atoms with van der Waals surface area (Å²) in [6, 6.07) is 2.32. The Balaban J connectivity index is 2.49. The third kappa shape index (κ3) is 2.60. The second-order valence-corrected chi connectivity index (χ2v) is 5.41. The van der Waals surface area contributed by atoms with Crippen LogP contribution in [0.1, 0.15) is 42.5 Å². The number of nitrogens with one attached hydrogen (secondary N) is 1. The van der Waals surface area contributed by atoms with Gasteiger partial charge in [0, 0.05) is 19.8 Å². The molecule has 3 nitrogen and oxygen atoms in total. The minimum absolute atomic E-state index is 0.0305. The number of rotatable bonds is 3. The Kier molecular flexibility index (Phi) is 4.13. The number of urea groups is 1. The molecule has 0 radical (unpaired) electrons. The van der Waals surface area contributed by atoms with Crippen LogP contribution < -0.4 is 5.32 Å². The largest absolute Gasteiger partial charge is 0.331 e. The van der Waals surface area contributed by atoms with Crippen molar-refractivity contribution in [3.63, 3.8) is 0 Å². The van der Waals surface area contributed by atoms with Gasteiger partial charge in [-0.1, -0.05) is 19.9 Å². The van der Waals surface area contributed by atoms with E-state index in [0.29, 0.717) is 0 Å². The maximum Gasteiger partial charge on any atom is 0.321 e. The summed E-state index contributed by atoms with van der Waals surface area (Å²) in [6.07, 6.45) is 5.45. The lowest BCUT2D eigenvalue weighted by atomic mass is 9.94. The number of hydrogen-bond acceptors (Lipinski definition) is 1. The van der Waals surface area contributed by atoms with Crippen LogP contribution in [0.25, 0.3) is 0 Å². The van der Waals surface area contributed by atoms with Crippen LogP contribution in [0.5, 0.6) is 0 Å². The van der Waals surface area contributed by atoms with Gasteiger partial charge in [-0.2, -0.15) is 0 Å². The van der Waals surface area contributed by atoms with E-state index in [1.54, 1.807) is 19.0 Å². The summed E-state index contributed by atoms with van der Waals surface area (Å²) in [6.45, 7) is 4.36. The van der Waals surface area contributed by atoms with Crippen molar-refractivity contribution in [2.75, 3.05) is 19.4 Å². The van der Waals surface area contributed by atoms with E-state index >= 15 is 0 Å². The molecule has 104 valence electrons. The summed E-state index contributed by atoms with van der Waals surface area (Å²) in [5.74, 6) is 0. The standard InChI is InChI=1S/C16H24N2O/c1-5-11-10-12-8-7-9-14(12)15(13(11)6-2)17-16(19)18(3)4/h10H,5-9H2,1-4H3,(H,17,19). The molecule has 0 saturated heterocycles. The molecule has 0 fully saturated rings. The van der Waals surface area contributed by atoms with Crippen molar-refractivity contribution in [3.05, 3.63) is 28.3 Å². The highest BCUT2D eigenvalue weighted by Crippen LogP contribution is 2.35. The number of hydrogen-bond donors (Lipinski definition) is 1. The highest BCUT2D eigenvalue weighted by atomic mass is 16.2. The van der Waals surface area contributed by atoms with Gasteiger partial charge < -0.3 is 10.2 Å². The average Bonchev–Trinajstić information content (AvgIpc) is 2.85. The fourth-order valence-corrected chi connectivity index (χ4v) is 2.94. The molecule has 0 heterocycles. The molecule has 2 rings (SSSR count). The monoisotopic (exact) mass is 260 g/mol. The summed E-state index contributed by atoms with van der Waals surface area (Å²) >= 11 is 0. The van der Waals surface area contributed by atoms with Crippen molar-refractivity contribution in [3.8, 4) is 0 Å². The highest BCUT2D eigenvalue weighted by Gasteiger charge is 2.21. The van der Waals surface area contributed by atoms with Crippen LogP contribution in [0, 0.1) is 0 Å². The van der Waals surface area contributed by atoms with Gasteiger partial charge in [-0.15, -0.1) is 0 Å². The van der Waals surface area contributed by atoms with E-state index in [2.05, 4.69) is 25.2 Å². The zero-order valence-corrected chi connectivity index (χ0v) is 12.5. The quantitative estimate of drug-likeness (QED) is 0.887. The zero-order chi connectivity index (χ0) is 14.0. The van der Waals surface area contributed by atoms with E-state index in [0.717, 1.165) is 31.4 Å². The first-order valence-electron chi connectivity index (χ1n) is 7.23. The van der Waals surface area contributed by atoms with Crippen molar-refractivity contribution >= 4 is 11.7 Å². The fourth-order valence-electron chi connectivity index (χ4n) is 2.94. The predicted molar refractivity (Wildman–Crippen MR) is 79.9 cm³/mol. The van der Waals surface area contributed by atoms with E-state index < -0.39 is 0 Å². The second-order valence-electron chi connectivity index (χ2n) is 5.41. The number of carbonyl (C=O) groups excluding carboxylic acids is 1. The number of aryl methyl sites for hydroxylation is 2. The number of fused-ring (bicyclic) bond motifs is 1. The van der Waals surface area contributed by atoms with Crippen molar-refractivity contribution in [2.45, 2.75) is 46.0 Å². The van der Waals surface area contributed by atoms with Crippen LogP contribution in [0.3, 0.4) is 0 Å². The van der Waals surface area contributed by atoms with Gasteiger partial charge in [0.1, 0.15) is 0 Å². The molecule has 0 spiro atoms. The normalized spacial score (nSPS) is 13.3. The van der Waals surface area contributed by atoms with Crippen LogP contribution in [0.4, 0.5) is 10.5 Å². The van der Waals surface area contributed by atoms with Crippen molar-refractivity contribution in [1.82, 2.24) is 4.90 Å². The molecule has 3 heteroatoms. The third-order valence-electron chi connectivity index (χ3n) is 3.97. The molecule has 0 saturated carbocycles. The topological polar surface area (TPSA) is 32.3 Å². The first-order valence-corrected chi connectivity index (χ1v) is 7.23. The minimum atomic E-state index is -0.0305. The van der Waals surface area contributed by atoms with Crippen LogP contribution in [0.15, 0.2) is 6.07 Å². The van der Waals surface area contributed by atoms with Gasteiger partial charge in [0.05, 0.1) is 0 Å². The molecule has 19 heavy (non-hydrogen) atoms. The Labute approximate surface area is 116 Å². The average molecular weight is 260 g/mol. The van der Waals surface area contributed by atoms with Crippen LogP contribution in [-0.4, -0.2) is 25.0 Å². The second kappa shape index (κ2) is 5.64. The SMILES string of the molecule is CCc1cc2c(c(NC(=O)N(C)C)c1CC)CCC2. The molecule has 1 aliphatic carbocycles. The summed E-state index contributed by atoms with van der Waals surface area (Å²) < 4.78 is 0. The van der Waals surface area contributed by atoms with Gasteiger partial charge in [0.25, 0.3) is 0 Å². The number of benzene rings is 1.